The van der Waals surface area contributed by atoms with Gasteiger partial charge in [0.05, 0.1) is 0 Å². The summed E-state index contributed by atoms with van der Waals surface area (Å²) in [7, 11) is 2.16. The van der Waals surface area contributed by atoms with Gasteiger partial charge in [-0.1, -0.05) is 0 Å². The third kappa shape index (κ3) is 1.99. The molecule has 0 amide bonds. The number of nitrogens with zero attached hydrogens (tertiary/aromatic N) is 1. The third-order valence-corrected chi connectivity index (χ3v) is 1.65. The van der Waals surface area contributed by atoms with Crippen LogP contribution >= 0.6 is 12.4 Å². The van der Waals surface area contributed by atoms with Crippen molar-refractivity contribution in [3.8, 4) is 0 Å². The molecule has 1 aliphatic heterocycles. The minimum atomic E-state index is 0. The van der Waals surface area contributed by atoms with Crippen LogP contribution in [0.4, 0.5) is 0 Å². The maximum absolute atomic E-state index is 2.35. The third-order valence-electron chi connectivity index (χ3n) is 1.65. The summed E-state index contributed by atoms with van der Waals surface area (Å²) < 4.78 is 0. The zero-order valence-corrected chi connectivity index (χ0v) is 6.37. The average Bonchev–Trinajstić information content (AvgIpc) is 1.61. The van der Waals surface area contributed by atoms with Gasteiger partial charge < -0.3 is 11.1 Å². The van der Waals surface area contributed by atoms with Crippen LogP contribution in [-0.4, -0.2) is 24.5 Å². The minimum Gasteiger partial charge on any atom is -0.344 e. The summed E-state index contributed by atoms with van der Waals surface area (Å²) >= 11 is 0. The molecule has 0 saturated carbocycles. The highest BCUT2D eigenvalue weighted by atomic mass is 35.5. The fourth-order valence-corrected chi connectivity index (χ4v) is 0.645. The molecule has 1 heterocycles. The van der Waals surface area contributed by atoms with Crippen LogP contribution in [0, 0.1) is 0 Å². The van der Waals surface area contributed by atoms with Crippen LogP contribution in [0.15, 0.2) is 0 Å². The van der Waals surface area contributed by atoms with E-state index in [4.69, 9.17) is 0 Å². The molecule has 0 aromatic rings. The molecule has 0 aromatic heterocycles. The van der Waals surface area contributed by atoms with Gasteiger partial charge in [-0.25, -0.2) is 0 Å². The van der Waals surface area contributed by atoms with E-state index < -0.39 is 0 Å². The molecule has 8 heavy (non-hydrogen) atoms. The Bertz CT molecular complexity index is 50.4. The van der Waals surface area contributed by atoms with Crippen molar-refractivity contribution < 1.29 is 0 Å². The normalized spacial score (nSPS) is 27.0. The van der Waals surface area contributed by atoms with Crippen LogP contribution in [0.5, 0.6) is 0 Å². The molecule has 52 valence electrons. The Kier molecular flexibility index (Phi) is 5.71. The van der Waals surface area contributed by atoms with E-state index in [0.29, 0.717) is 0 Å². The van der Waals surface area contributed by atoms with Crippen LogP contribution in [-0.2, 0) is 0 Å². The maximum atomic E-state index is 2.35. The molecule has 0 spiro atoms. The van der Waals surface area contributed by atoms with Gasteiger partial charge in [-0.05, 0) is 26.9 Å². The van der Waals surface area contributed by atoms with Gasteiger partial charge in [0.2, 0.25) is 0 Å². The number of hydrogen-bond donors (Lipinski definition) is 1. The molecule has 1 unspecified atom stereocenters. The highest BCUT2D eigenvalue weighted by Crippen LogP contribution is 2.11. The van der Waals surface area contributed by atoms with Crippen LogP contribution in [0.2, 0.25) is 0 Å². The average molecular weight is 139 g/mol. The van der Waals surface area contributed by atoms with E-state index in [1.165, 1.54) is 13.0 Å². The molecule has 0 bridgehead atoms. The highest BCUT2D eigenvalue weighted by Gasteiger charge is 2.17. The van der Waals surface area contributed by atoms with Gasteiger partial charge in [0.1, 0.15) is 0 Å². The van der Waals surface area contributed by atoms with E-state index >= 15 is 0 Å². The van der Waals surface area contributed by atoms with Crippen molar-refractivity contribution in [2.45, 2.75) is 19.4 Å². The molecule has 1 saturated heterocycles. The predicted molar refractivity (Wildman–Crippen MR) is 39.0 cm³/mol. The Morgan fingerprint density at radius 2 is 1.88 bits per heavy atom. The summed E-state index contributed by atoms with van der Waals surface area (Å²) in [4.78, 5) is 2.35. The van der Waals surface area contributed by atoms with E-state index in [9.17, 15) is 0 Å². The second kappa shape index (κ2) is 4.13. The molecule has 0 aliphatic carbocycles. The van der Waals surface area contributed by atoms with Crippen molar-refractivity contribution in [2.24, 2.45) is 0 Å². The van der Waals surface area contributed by atoms with Gasteiger partial charge in [0.25, 0.3) is 0 Å². The van der Waals surface area contributed by atoms with Crippen molar-refractivity contribution in [2.75, 3.05) is 13.6 Å². The quantitative estimate of drug-likeness (QED) is 0.548. The lowest BCUT2D eigenvalue weighted by Gasteiger charge is -2.34. The number of hydrogen-bond acceptors (Lipinski definition) is 2. The van der Waals surface area contributed by atoms with Crippen LogP contribution in [0.25, 0.3) is 0 Å². The fourth-order valence-electron chi connectivity index (χ4n) is 0.645. The summed E-state index contributed by atoms with van der Waals surface area (Å²) in [5.41, 5.74) is 0. The van der Waals surface area contributed by atoms with Gasteiger partial charge in [0.15, 0.2) is 0 Å². The minimum absolute atomic E-state index is 0. The van der Waals surface area contributed by atoms with Gasteiger partial charge in [-0.3, -0.25) is 0 Å². The zero-order valence-electron chi connectivity index (χ0n) is 5.55. The van der Waals surface area contributed by atoms with Crippen molar-refractivity contribution in [1.29, 1.82) is 0 Å². The van der Waals surface area contributed by atoms with Gasteiger partial charge in [-0.15, -0.1) is 12.4 Å². The first-order chi connectivity index (χ1) is 2.80. The first kappa shape index (κ1) is 11.1. The standard InChI is InChI=1S/C5H11N.ClH.H3N/c1-5-3-4-6(5)2;;/h5H,3-4H2,1-2H3;1H;1H3. The molecule has 2 nitrogen and oxygen atoms in total. The molecular formula is C5H15ClN2. The van der Waals surface area contributed by atoms with Crippen molar-refractivity contribution in [3.05, 3.63) is 0 Å². The number of halogens is 1. The molecule has 0 aromatic carbocycles. The van der Waals surface area contributed by atoms with Crippen LogP contribution in [0.1, 0.15) is 13.3 Å². The fraction of sp³-hybridized carbons (Fsp3) is 1.00. The lowest BCUT2D eigenvalue weighted by molar-refractivity contribution is 0.143. The number of likely N-dealkylation sites (tertiary alicyclic amines) is 1. The van der Waals surface area contributed by atoms with Crippen LogP contribution in [0.3, 0.4) is 0 Å². The van der Waals surface area contributed by atoms with Gasteiger partial charge in [-0.2, -0.15) is 0 Å². The Labute approximate surface area is 57.2 Å². The van der Waals surface area contributed by atoms with E-state index in [1.54, 1.807) is 0 Å². The van der Waals surface area contributed by atoms with Crippen molar-refractivity contribution in [1.82, 2.24) is 11.1 Å². The van der Waals surface area contributed by atoms with E-state index in [-0.39, 0.29) is 18.6 Å². The molecule has 1 fully saturated rings. The zero-order chi connectivity index (χ0) is 4.57. The summed E-state index contributed by atoms with van der Waals surface area (Å²) in [5, 5.41) is 0. The summed E-state index contributed by atoms with van der Waals surface area (Å²) in [6, 6.07) is 0.866. The SMILES string of the molecule is CC1CCN1C.Cl.N. The Balaban J connectivity index is 0. The lowest BCUT2D eigenvalue weighted by Crippen LogP contribution is -2.41. The smallest absolute Gasteiger partial charge is 0.00760 e. The van der Waals surface area contributed by atoms with Crippen LogP contribution < -0.4 is 6.15 Å². The second-order valence-corrected chi connectivity index (χ2v) is 2.12. The monoisotopic (exact) mass is 138 g/mol. The molecule has 1 rings (SSSR count). The molecule has 0 radical (unpaired) electrons. The van der Waals surface area contributed by atoms with Gasteiger partial charge in [0, 0.05) is 6.04 Å². The predicted octanol–water partition coefficient (Wildman–Crippen LogP) is 1.29. The van der Waals surface area contributed by atoms with E-state index in [2.05, 4.69) is 18.9 Å². The van der Waals surface area contributed by atoms with Crippen molar-refractivity contribution >= 4 is 12.4 Å². The topological polar surface area (TPSA) is 38.2 Å². The highest BCUT2D eigenvalue weighted by molar-refractivity contribution is 5.85. The summed E-state index contributed by atoms with van der Waals surface area (Å²) in [6.45, 7) is 3.56. The second-order valence-electron chi connectivity index (χ2n) is 2.12. The van der Waals surface area contributed by atoms with E-state index in [1.807, 2.05) is 0 Å². The Hall–Kier alpha value is 0.210. The first-order valence-corrected chi connectivity index (χ1v) is 2.51. The summed E-state index contributed by atoms with van der Waals surface area (Å²) in [6.07, 6.45) is 1.40. The maximum Gasteiger partial charge on any atom is 0.00760 e. The lowest BCUT2D eigenvalue weighted by atomic mass is 10.1. The Morgan fingerprint density at radius 3 is 1.88 bits per heavy atom. The molecule has 1 atom stereocenters. The first-order valence-electron chi connectivity index (χ1n) is 2.51. The molecule has 3 N–H and O–H groups in total. The van der Waals surface area contributed by atoms with Crippen molar-refractivity contribution in [3.63, 3.8) is 0 Å². The molecule has 1 aliphatic rings. The molecule has 3 heteroatoms. The Morgan fingerprint density at radius 1 is 1.50 bits per heavy atom. The van der Waals surface area contributed by atoms with E-state index in [0.717, 1.165) is 6.04 Å². The summed E-state index contributed by atoms with van der Waals surface area (Å²) in [5.74, 6) is 0. The largest absolute Gasteiger partial charge is 0.344 e. The van der Waals surface area contributed by atoms with Gasteiger partial charge >= 0.3 is 0 Å². The number of rotatable bonds is 0. The molecular weight excluding hydrogens is 124 g/mol.